The summed E-state index contributed by atoms with van der Waals surface area (Å²) in [4.78, 5) is 16.7. The predicted octanol–water partition coefficient (Wildman–Crippen LogP) is 4.35. The molecule has 7 nitrogen and oxygen atoms in total. The number of nitrogens with one attached hydrogen (secondary N) is 1. The van der Waals surface area contributed by atoms with Gasteiger partial charge in [0.05, 0.1) is 23.8 Å². The maximum Gasteiger partial charge on any atom is 0.230 e. The molecule has 0 aliphatic heterocycles. The summed E-state index contributed by atoms with van der Waals surface area (Å²) in [6.45, 7) is 8.04. The lowest BCUT2D eigenvalue weighted by Gasteiger charge is -2.15. The van der Waals surface area contributed by atoms with Crippen molar-refractivity contribution in [3.8, 4) is 11.4 Å². The Morgan fingerprint density at radius 2 is 1.88 bits per heavy atom. The van der Waals surface area contributed by atoms with Gasteiger partial charge in [-0.3, -0.25) is 9.36 Å². The number of hydrogen-bond donors (Lipinski definition) is 1. The highest BCUT2D eigenvalue weighted by Crippen LogP contribution is 2.25. The number of thioether (sulfide) groups is 1. The van der Waals surface area contributed by atoms with Crippen molar-refractivity contribution in [3.63, 3.8) is 0 Å². The standard InChI is InChI=1S/C24H26N6OS/c1-16-5-6-17(2)22(13-16)30-19(4)27-28-24(30)32-14-23(31)26-18(3)20-7-9-21(10-8-20)29-12-11-25-15-29/h5-13,15,18H,14H2,1-4H3,(H,26,31). The van der Waals surface area contributed by atoms with E-state index in [0.717, 1.165) is 28.3 Å². The van der Waals surface area contributed by atoms with Gasteiger partial charge in [-0.25, -0.2) is 4.98 Å². The fourth-order valence-electron chi connectivity index (χ4n) is 3.52. The summed E-state index contributed by atoms with van der Waals surface area (Å²) in [5.41, 5.74) is 5.42. The zero-order valence-corrected chi connectivity index (χ0v) is 19.4. The van der Waals surface area contributed by atoms with Crippen LogP contribution in [0.4, 0.5) is 0 Å². The molecule has 2 heterocycles. The first-order chi connectivity index (χ1) is 15.4. The van der Waals surface area contributed by atoms with Crippen LogP contribution in [-0.4, -0.2) is 36.0 Å². The molecule has 2 aromatic carbocycles. The third-order valence-electron chi connectivity index (χ3n) is 5.31. The first kappa shape index (κ1) is 21.8. The second-order valence-corrected chi connectivity index (χ2v) is 8.74. The van der Waals surface area contributed by atoms with Crippen molar-refractivity contribution in [2.45, 2.75) is 38.9 Å². The Balaban J connectivity index is 1.40. The highest BCUT2D eigenvalue weighted by atomic mass is 32.2. The van der Waals surface area contributed by atoms with E-state index in [9.17, 15) is 4.79 Å². The minimum Gasteiger partial charge on any atom is -0.349 e. The minimum atomic E-state index is -0.0986. The molecular weight excluding hydrogens is 420 g/mol. The van der Waals surface area contributed by atoms with Gasteiger partial charge in [0, 0.05) is 18.1 Å². The maximum absolute atomic E-state index is 12.6. The zero-order valence-electron chi connectivity index (χ0n) is 18.6. The lowest BCUT2D eigenvalue weighted by molar-refractivity contribution is -0.119. The van der Waals surface area contributed by atoms with Crippen LogP contribution in [0.3, 0.4) is 0 Å². The highest BCUT2D eigenvalue weighted by molar-refractivity contribution is 7.99. The van der Waals surface area contributed by atoms with Crippen LogP contribution in [0.1, 0.15) is 35.5 Å². The molecule has 0 saturated carbocycles. The first-order valence-electron chi connectivity index (χ1n) is 10.4. The largest absolute Gasteiger partial charge is 0.349 e. The number of hydrogen-bond acceptors (Lipinski definition) is 5. The number of aryl methyl sites for hydroxylation is 3. The molecule has 1 atom stereocenters. The van der Waals surface area contributed by atoms with Gasteiger partial charge in [0.15, 0.2) is 5.16 Å². The van der Waals surface area contributed by atoms with Gasteiger partial charge in [-0.05, 0) is 62.6 Å². The monoisotopic (exact) mass is 446 g/mol. The number of aromatic nitrogens is 5. The van der Waals surface area contributed by atoms with E-state index < -0.39 is 0 Å². The Labute approximate surface area is 191 Å². The molecule has 0 bridgehead atoms. The first-order valence-corrected chi connectivity index (χ1v) is 11.4. The minimum absolute atomic E-state index is 0.0469. The molecule has 0 aliphatic rings. The van der Waals surface area contributed by atoms with E-state index in [2.05, 4.69) is 52.5 Å². The Hall–Kier alpha value is -3.39. The summed E-state index contributed by atoms with van der Waals surface area (Å²) < 4.78 is 3.95. The van der Waals surface area contributed by atoms with Crippen LogP contribution >= 0.6 is 11.8 Å². The maximum atomic E-state index is 12.6. The molecule has 4 aromatic rings. The van der Waals surface area contributed by atoms with Gasteiger partial charge in [-0.15, -0.1) is 10.2 Å². The number of benzene rings is 2. The van der Waals surface area contributed by atoms with Gasteiger partial charge in [0.2, 0.25) is 5.91 Å². The second-order valence-electron chi connectivity index (χ2n) is 7.79. The van der Waals surface area contributed by atoms with Crippen molar-refractivity contribution < 1.29 is 4.79 Å². The fourth-order valence-corrected chi connectivity index (χ4v) is 4.32. The number of imidazole rings is 1. The Morgan fingerprint density at radius 3 is 2.59 bits per heavy atom. The molecule has 0 fully saturated rings. The van der Waals surface area contributed by atoms with Gasteiger partial charge >= 0.3 is 0 Å². The molecular formula is C24H26N6OS. The molecule has 1 amide bonds. The average Bonchev–Trinajstić information content (AvgIpc) is 3.44. The van der Waals surface area contributed by atoms with Crippen LogP contribution in [0, 0.1) is 20.8 Å². The SMILES string of the molecule is Cc1ccc(C)c(-n2c(C)nnc2SCC(=O)NC(C)c2ccc(-n3ccnc3)cc2)c1. The summed E-state index contributed by atoms with van der Waals surface area (Å²) >= 11 is 1.39. The number of carbonyl (C=O) groups is 1. The Morgan fingerprint density at radius 1 is 1.09 bits per heavy atom. The molecule has 1 unspecified atom stereocenters. The van der Waals surface area contributed by atoms with Crippen LogP contribution < -0.4 is 5.32 Å². The van der Waals surface area contributed by atoms with Crippen molar-refractivity contribution in [1.29, 1.82) is 0 Å². The highest BCUT2D eigenvalue weighted by Gasteiger charge is 2.16. The third kappa shape index (κ3) is 4.75. The van der Waals surface area contributed by atoms with Crippen molar-refractivity contribution in [3.05, 3.63) is 83.7 Å². The van der Waals surface area contributed by atoms with Crippen molar-refractivity contribution in [1.82, 2.24) is 29.6 Å². The molecule has 0 spiro atoms. The summed E-state index contributed by atoms with van der Waals surface area (Å²) in [6.07, 6.45) is 5.41. The van der Waals surface area contributed by atoms with E-state index >= 15 is 0 Å². The van der Waals surface area contributed by atoms with E-state index in [4.69, 9.17) is 0 Å². The van der Waals surface area contributed by atoms with E-state index in [0.29, 0.717) is 5.16 Å². The number of rotatable bonds is 7. The summed E-state index contributed by atoms with van der Waals surface area (Å²) in [6, 6.07) is 14.3. The van der Waals surface area contributed by atoms with Gasteiger partial charge in [-0.1, -0.05) is 36.0 Å². The van der Waals surface area contributed by atoms with Crippen molar-refractivity contribution >= 4 is 17.7 Å². The average molecular weight is 447 g/mol. The molecule has 0 radical (unpaired) electrons. The van der Waals surface area contributed by atoms with Crippen molar-refractivity contribution in [2.24, 2.45) is 0 Å². The molecule has 164 valence electrons. The summed E-state index contributed by atoms with van der Waals surface area (Å²) in [5, 5.41) is 12.3. The van der Waals surface area contributed by atoms with Crippen LogP contribution in [0.25, 0.3) is 11.4 Å². The van der Waals surface area contributed by atoms with Crippen LogP contribution in [0.5, 0.6) is 0 Å². The lowest BCUT2D eigenvalue weighted by Crippen LogP contribution is -2.28. The number of nitrogens with zero attached hydrogens (tertiary/aromatic N) is 5. The Kier molecular flexibility index (Phi) is 6.41. The van der Waals surface area contributed by atoms with E-state index in [1.807, 2.05) is 53.4 Å². The van der Waals surface area contributed by atoms with Crippen molar-refractivity contribution in [2.75, 3.05) is 5.75 Å². The molecule has 4 rings (SSSR count). The number of carbonyl (C=O) groups excluding carboxylic acids is 1. The third-order valence-corrected chi connectivity index (χ3v) is 6.24. The van der Waals surface area contributed by atoms with Gasteiger partial charge < -0.3 is 9.88 Å². The summed E-state index contributed by atoms with van der Waals surface area (Å²) in [7, 11) is 0. The van der Waals surface area contributed by atoms with E-state index in [1.165, 1.54) is 17.3 Å². The molecule has 2 aromatic heterocycles. The molecule has 0 aliphatic carbocycles. The van der Waals surface area contributed by atoms with Gasteiger partial charge in [-0.2, -0.15) is 0 Å². The quantitative estimate of drug-likeness (QED) is 0.427. The van der Waals surface area contributed by atoms with E-state index in [1.54, 1.807) is 12.5 Å². The van der Waals surface area contributed by atoms with Crippen LogP contribution in [0.2, 0.25) is 0 Å². The number of amides is 1. The topological polar surface area (TPSA) is 77.6 Å². The Bertz CT molecular complexity index is 1210. The fraction of sp³-hybridized carbons (Fsp3) is 0.250. The smallest absolute Gasteiger partial charge is 0.230 e. The van der Waals surface area contributed by atoms with Gasteiger partial charge in [0.25, 0.3) is 0 Å². The molecule has 0 saturated heterocycles. The molecule has 32 heavy (non-hydrogen) atoms. The van der Waals surface area contributed by atoms with Crippen LogP contribution in [-0.2, 0) is 4.79 Å². The summed E-state index contributed by atoms with van der Waals surface area (Å²) in [5.74, 6) is 1.02. The normalized spacial score (nSPS) is 12.0. The second kappa shape index (κ2) is 9.40. The van der Waals surface area contributed by atoms with E-state index in [-0.39, 0.29) is 17.7 Å². The lowest BCUT2D eigenvalue weighted by atomic mass is 10.1. The predicted molar refractivity (Wildman–Crippen MR) is 126 cm³/mol. The van der Waals surface area contributed by atoms with Crippen LogP contribution in [0.15, 0.2) is 66.3 Å². The molecule has 1 N–H and O–H groups in total. The van der Waals surface area contributed by atoms with Gasteiger partial charge in [0.1, 0.15) is 5.82 Å². The zero-order chi connectivity index (χ0) is 22.7. The molecule has 8 heteroatoms.